The minimum absolute atomic E-state index is 0.0294. The molecule has 31 heavy (non-hydrogen) atoms. The molecule has 0 heterocycles. The second-order valence-corrected chi connectivity index (χ2v) is 7.59. The molecule has 1 N–H and O–H groups in total. The van der Waals surface area contributed by atoms with Gasteiger partial charge in [-0.05, 0) is 24.3 Å². The van der Waals surface area contributed by atoms with E-state index in [2.05, 4.69) is 5.32 Å². The fourth-order valence-corrected chi connectivity index (χ4v) is 3.87. The number of esters is 1. The van der Waals surface area contributed by atoms with E-state index in [1.807, 2.05) is 0 Å². The summed E-state index contributed by atoms with van der Waals surface area (Å²) in [5, 5.41) is 3.18. The van der Waals surface area contributed by atoms with Gasteiger partial charge >= 0.3 is 5.97 Å². The molecule has 3 aromatic carbocycles. The van der Waals surface area contributed by atoms with Crippen molar-refractivity contribution in [2.75, 3.05) is 11.9 Å². The van der Waals surface area contributed by atoms with Crippen LogP contribution in [0.4, 0.5) is 5.69 Å². The first-order valence-electron chi connectivity index (χ1n) is 9.09. The Labute approximate surface area is 186 Å². The Kier molecular flexibility index (Phi) is 5.59. The molecular weight excluding hydrogens is 441 g/mol. The van der Waals surface area contributed by atoms with Gasteiger partial charge in [-0.15, -0.1) is 0 Å². The van der Waals surface area contributed by atoms with E-state index in [0.29, 0.717) is 15.7 Å². The number of hydrogen-bond donors (Lipinski definition) is 1. The van der Waals surface area contributed by atoms with Crippen molar-refractivity contribution in [3.05, 3.63) is 98.5 Å². The smallest absolute Gasteiger partial charge is 0.339 e. The Morgan fingerprint density at radius 2 is 1.42 bits per heavy atom. The molecule has 154 valence electrons. The zero-order chi connectivity index (χ0) is 22.1. The van der Waals surface area contributed by atoms with Gasteiger partial charge < -0.3 is 10.1 Å². The van der Waals surface area contributed by atoms with E-state index >= 15 is 0 Å². The SMILES string of the molecule is O=C(COC(=O)c1cccc2c1C(=O)c1ccccc1C2=O)Nc1cc(Cl)cc(Cl)c1. The first kappa shape index (κ1) is 20.8. The van der Waals surface area contributed by atoms with Gasteiger partial charge in [0.25, 0.3) is 5.91 Å². The van der Waals surface area contributed by atoms with Gasteiger partial charge in [-0.3, -0.25) is 14.4 Å². The van der Waals surface area contributed by atoms with E-state index in [-0.39, 0.29) is 33.6 Å². The summed E-state index contributed by atoms with van der Waals surface area (Å²) >= 11 is 11.8. The van der Waals surface area contributed by atoms with E-state index in [4.69, 9.17) is 27.9 Å². The van der Waals surface area contributed by atoms with Crippen LogP contribution >= 0.6 is 23.2 Å². The van der Waals surface area contributed by atoms with E-state index < -0.39 is 24.3 Å². The van der Waals surface area contributed by atoms with Crippen LogP contribution in [0.15, 0.2) is 60.7 Å². The number of benzene rings is 3. The number of hydrogen-bond acceptors (Lipinski definition) is 5. The molecule has 6 nitrogen and oxygen atoms in total. The van der Waals surface area contributed by atoms with Crippen molar-refractivity contribution in [2.24, 2.45) is 0 Å². The molecule has 0 saturated heterocycles. The number of fused-ring (bicyclic) bond motifs is 2. The summed E-state index contributed by atoms with van der Waals surface area (Å²) in [6.45, 7) is -0.606. The van der Waals surface area contributed by atoms with Gasteiger partial charge in [-0.2, -0.15) is 0 Å². The van der Waals surface area contributed by atoms with Crippen molar-refractivity contribution >= 4 is 52.3 Å². The number of carbonyl (C=O) groups is 4. The number of rotatable bonds is 4. The van der Waals surface area contributed by atoms with Crippen LogP contribution in [0.25, 0.3) is 0 Å². The fourth-order valence-electron chi connectivity index (χ4n) is 3.35. The lowest BCUT2D eigenvalue weighted by Crippen LogP contribution is -2.26. The van der Waals surface area contributed by atoms with Gasteiger partial charge in [-0.25, -0.2) is 4.79 Å². The molecule has 0 aromatic heterocycles. The normalized spacial score (nSPS) is 12.1. The Hall–Kier alpha value is -3.48. The van der Waals surface area contributed by atoms with Gasteiger partial charge in [0.2, 0.25) is 0 Å². The molecule has 1 aliphatic carbocycles. The number of ether oxygens (including phenoxy) is 1. The van der Waals surface area contributed by atoms with Crippen LogP contribution in [0.1, 0.15) is 42.2 Å². The van der Waals surface area contributed by atoms with Gasteiger partial charge in [-0.1, -0.05) is 59.6 Å². The van der Waals surface area contributed by atoms with Crippen molar-refractivity contribution in [3.8, 4) is 0 Å². The highest BCUT2D eigenvalue weighted by atomic mass is 35.5. The summed E-state index contributed by atoms with van der Waals surface area (Å²) < 4.78 is 5.08. The second kappa shape index (κ2) is 8.34. The summed E-state index contributed by atoms with van der Waals surface area (Å²) in [6.07, 6.45) is 0. The van der Waals surface area contributed by atoms with Crippen LogP contribution in [-0.4, -0.2) is 30.0 Å². The highest BCUT2D eigenvalue weighted by Gasteiger charge is 2.33. The zero-order valence-corrected chi connectivity index (χ0v) is 17.3. The molecule has 8 heteroatoms. The minimum Gasteiger partial charge on any atom is -0.452 e. The number of halogens is 2. The molecule has 0 unspecified atom stereocenters. The van der Waals surface area contributed by atoms with Crippen molar-refractivity contribution in [1.29, 1.82) is 0 Å². The zero-order valence-electron chi connectivity index (χ0n) is 15.8. The minimum atomic E-state index is -0.892. The predicted octanol–water partition coefficient (Wildman–Crippen LogP) is 4.56. The number of carbonyl (C=O) groups excluding carboxylic acids is 4. The van der Waals surface area contributed by atoms with E-state index in [0.717, 1.165) is 0 Å². The third-order valence-electron chi connectivity index (χ3n) is 4.65. The van der Waals surface area contributed by atoms with Gasteiger partial charge in [0.05, 0.1) is 5.56 Å². The van der Waals surface area contributed by atoms with Crippen LogP contribution in [0, 0.1) is 0 Å². The molecule has 1 aliphatic rings. The summed E-state index contributed by atoms with van der Waals surface area (Å²) in [5.74, 6) is -2.31. The number of nitrogens with one attached hydrogen (secondary N) is 1. The lowest BCUT2D eigenvalue weighted by molar-refractivity contribution is -0.119. The second-order valence-electron chi connectivity index (χ2n) is 6.71. The highest BCUT2D eigenvalue weighted by molar-refractivity contribution is 6.35. The Bertz CT molecular complexity index is 1250. The summed E-state index contributed by atoms with van der Waals surface area (Å²) in [5.41, 5.74) is 0.854. The number of ketones is 2. The average molecular weight is 454 g/mol. The third-order valence-corrected chi connectivity index (χ3v) is 5.09. The van der Waals surface area contributed by atoms with Crippen LogP contribution < -0.4 is 5.32 Å². The molecule has 4 rings (SSSR count). The Morgan fingerprint density at radius 1 is 0.806 bits per heavy atom. The molecule has 3 aromatic rings. The maximum absolute atomic E-state index is 13.0. The van der Waals surface area contributed by atoms with Crippen molar-refractivity contribution in [2.45, 2.75) is 0 Å². The fraction of sp³-hybridized carbons (Fsp3) is 0.0435. The van der Waals surface area contributed by atoms with E-state index in [1.165, 1.54) is 42.5 Å². The molecule has 1 amide bonds. The third kappa shape index (κ3) is 4.08. The first-order valence-corrected chi connectivity index (χ1v) is 9.85. The van der Waals surface area contributed by atoms with Crippen LogP contribution in [-0.2, 0) is 9.53 Å². The van der Waals surface area contributed by atoms with Crippen molar-refractivity contribution < 1.29 is 23.9 Å². The van der Waals surface area contributed by atoms with Crippen molar-refractivity contribution in [3.63, 3.8) is 0 Å². The Balaban J connectivity index is 1.53. The lowest BCUT2D eigenvalue weighted by Gasteiger charge is -2.19. The van der Waals surface area contributed by atoms with E-state index in [1.54, 1.807) is 18.2 Å². The highest BCUT2D eigenvalue weighted by Crippen LogP contribution is 2.30. The first-order chi connectivity index (χ1) is 14.8. The summed E-state index contributed by atoms with van der Waals surface area (Å²) in [6, 6.07) is 15.2. The van der Waals surface area contributed by atoms with Crippen LogP contribution in [0.3, 0.4) is 0 Å². The number of amides is 1. The number of anilines is 1. The monoisotopic (exact) mass is 453 g/mol. The van der Waals surface area contributed by atoms with E-state index in [9.17, 15) is 19.2 Å². The molecule has 0 aliphatic heterocycles. The molecule has 0 radical (unpaired) electrons. The van der Waals surface area contributed by atoms with Gasteiger partial charge in [0.15, 0.2) is 18.2 Å². The molecule has 0 atom stereocenters. The molecule has 0 bridgehead atoms. The van der Waals surface area contributed by atoms with Crippen LogP contribution in [0.5, 0.6) is 0 Å². The summed E-state index contributed by atoms with van der Waals surface area (Å²) in [7, 11) is 0. The molecule has 0 saturated carbocycles. The van der Waals surface area contributed by atoms with Crippen LogP contribution in [0.2, 0.25) is 10.0 Å². The largest absolute Gasteiger partial charge is 0.452 e. The summed E-state index contributed by atoms with van der Waals surface area (Å²) in [4.78, 5) is 50.5. The van der Waals surface area contributed by atoms with Gasteiger partial charge in [0, 0.05) is 38.0 Å². The molecular formula is C23H13Cl2NO5. The quantitative estimate of drug-likeness (QED) is 0.457. The molecule has 0 spiro atoms. The van der Waals surface area contributed by atoms with Crippen molar-refractivity contribution in [1.82, 2.24) is 0 Å². The maximum atomic E-state index is 13.0. The maximum Gasteiger partial charge on any atom is 0.339 e. The average Bonchev–Trinajstić information content (AvgIpc) is 2.74. The standard InChI is InChI=1S/C23H13Cl2NO5/c24-12-8-13(25)10-14(9-12)26-19(27)11-31-23(30)18-7-3-6-17-20(18)22(29)16-5-2-1-4-15(16)21(17)28/h1-10H,11H2,(H,26,27). The topological polar surface area (TPSA) is 89.5 Å². The lowest BCUT2D eigenvalue weighted by atomic mass is 9.82. The molecule has 0 fully saturated rings. The Morgan fingerprint density at radius 3 is 2.10 bits per heavy atom. The predicted molar refractivity (Wildman–Crippen MR) is 115 cm³/mol. The van der Waals surface area contributed by atoms with Gasteiger partial charge in [0.1, 0.15) is 0 Å².